The summed E-state index contributed by atoms with van der Waals surface area (Å²) in [5, 5.41) is 13.9. The van der Waals surface area contributed by atoms with Gasteiger partial charge in [-0.1, -0.05) is 217 Å². The average molecular weight is 839 g/mol. The number of phosphoric ester groups is 1. The normalized spacial score (nSPS) is 14.2. The van der Waals surface area contributed by atoms with Gasteiger partial charge < -0.3 is 21.1 Å². The summed E-state index contributed by atoms with van der Waals surface area (Å²) in [6, 6.07) is -0.782. The van der Waals surface area contributed by atoms with Crippen molar-refractivity contribution in [2.24, 2.45) is 5.73 Å². The van der Waals surface area contributed by atoms with Gasteiger partial charge in [-0.25, -0.2) is 4.57 Å². The Kier molecular flexibility index (Phi) is 44.3. The predicted octanol–water partition coefficient (Wildman–Crippen LogP) is 14.3. The lowest BCUT2D eigenvalue weighted by molar-refractivity contribution is -0.123. The molecule has 0 aliphatic carbocycles. The minimum Gasteiger partial charge on any atom is -0.391 e. The molecule has 3 unspecified atom stereocenters. The molecular weight excluding hydrogens is 744 g/mol. The molecule has 0 aromatic heterocycles. The van der Waals surface area contributed by atoms with Crippen molar-refractivity contribution in [1.29, 1.82) is 0 Å². The molecule has 0 aliphatic heterocycles. The molecule has 0 aliphatic rings. The zero-order chi connectivity index (χ0) is 42.5. The molecule has 0 aromatic rings. The molecule has 0 rings (SSSR count). The second-order valence-electron chi connectivity index (χ2n) is 16.7. The summed E-state index contributed by atoms with van der Waals surface area (Å²) >= 11 is 0. The van der Waals surface area contributed by atoms with Crippen LogP contribution in [-0.2, 0) is 18.4 Å². The van der Waals surface area contributed by atoms with Crippen LogP contribution in [0.2, 0.25) is 0 Å². The lowest BCUT2D eigenvalue weighted by Gasteiger charge is -2.25. The van der Waals surface area contributed by atoms with E-state index in [9.17, 15) is 19.4 Å². The summed E-state index contributed by atoms with van der Waals surface area (Å²) in [4.78, 5) is 22.8. The molecule has 58 heavy (non-hydrogen) atoms. The molecule has 3 atom stereocenters. The number of aliphatic hydroxyl groups excluding tert-OH is 1. The molecule has 0 radical (unpaired) electrons. The first-order valence-electron chi connectivity index (χ1n) is 24.6. The number of phosphoric acid groups is 1. The van der Waals surface area contributed by atoms with E-state index in [4.69, 9.17) is 14.8 Å². The summed E-state index contributed by atoms with van der Waals surface area (Å²) in [5.74, 6) is -0.172. The highest BCUT2D eigenvalue weighted by molar-refractivity contribution is 7.47. The van der Waals surface area contributed by atoms with E-state index in [0.717, 1.165) is 64.2 Å². The third-order valence-electron chi connectivity index (χ3n) is 11.0. The van der Waals surface area contributed by atoms with E-state index in [1.54, 1.807) is 0 Å². The molecule has 342 valence electrons. The van der Waals surface area contributed by atoms with Crippen molar-refractivity contribution in [3.63, 3.8) is 0 Å². The van der Waals surface area contributed by atoms with E-state index < -0.39 is 20.0 Å². The van der Waals surface area contributed by atoms with E-state index >= 15 is 0 Å². The van der Waals surface area contributed by atoms with Crippen LogP contribution in [0.4, 0.5) is 0 Å². The van der Waals surface area contributed by atoms with Crippen molar-refractivity contribution >= 4 is 13.7 Å². The molecular formula is C49H95N2O6P. The summed E-state index contributed by atoms with van der Waals surface area (Å²) in [5.41, 5.74) is 5.39. The molecule has 1 amide bonds. The summed E-state index contributed by atoms with van der Waals surface area (Å²) < 4.78 is 22.3. The maximum Gasteiger partial charge on any atom is 0.472 e. The van der Waals surface area contributed by atoms with Gasteiger partial charge in [0.25, 0.3) is 0 Å². The maximum atomic E-state index is 12.8. The standard InChI is InChI=1S/C49H95N2O6P/c1-3-5-7-9-11-13-15-17-19-21-23-25-26-28-30-32-34-36-38-40-42-48(52)47(46-57-58(54,55)56-45-44-50)51-49(53)43-41-39-37-35-33-31-29-27-24-22-20-18-16-14-12-10-8-6-4-2/h12,14,18,20,24,27,47-48,52H,3-11,13,15-17,19,21-23,25-26,28-46,50H2,1-2H3,(H,51,53)(H,54,55)/b14-12-,20-18-,27-24-. The Labute approximate surface area is 359 Å². The Hall–Kier alpha value is -1.28. The first kappa shape index (κ1) is 56.7. The van der Waals surface area contributed by atoms with Gasteiger partial charge in [-0.2, -0.15) is 0 Å². The quantitative estimate of drug-likeness (QED) is 0.0273. The first-order valence-corrected chi connectivity index (χ1v) is 26.1. The average Bonchev–Trinajstić information content (AvgIpc) is 3.21. The number of aliphatic hydroxyl groups is 1. The Morgan fingerprint density at radius 1 is 0.569 bits per heavy atom. The van der Waals surface area contributed by atoms with Crippen molar-refractivity contribution < 1.29 is 28.4 Å². The third-order valence-corrected chi connectivity index (χ3v) is 12.0. The number of nitrogens with one attached hydrogen (secondary N) is 1. The third kappa shape index (κ3) is 42.8. The van der Waals surface area contributed by atoms with Gasteiger partial charge in [-0.05, 0) is 51.4 Å². The summed E-state index contributed by atoms with van der Waals surface area (Å²) in [7, 11) is -4.32. The topological polar surface area (TPSA) is 131 Å². The fourth-order valence-electron chi connectivity index (χ4n) is 7.26. The fourth-order valence-corrected chi connectivity index (χ4v) is 8.02. The summed E-state index contributed by atoms with van der Waals surface area (Å²) in [6.07, 6.45) is 54.4. The van der Waals surface area contributed by atoms with Crippen molar-refractivity contribution in [2.45, 2.75) is 251 Å². The number of unbranched alkanes of at least 4 members (excludes halogenated alkanes) is 28. The van der Waals surface area contributed by atoms with Gasteiger partial charge in [0.15, 0.2) is 0 Å². The minimum absolute atomic E-state index is 0.0861. The fraction of sp³-hybridized carbons (Fsp3) is 0.857. The van der Waals surface area contributed by atoms with Crippen LogP contribution in [0.3, 0.4) is 0 Å². The van der Waals surface area contributed by atoms with Gasteiger partial charge in [0.1, 0.15) is 0 Å². The highest BCUT2D eigenvalue weighted by Gasteiger charge is 2.27. The van der Waals surface area contributed by atoms with Crippen molar-refractivity contribution in [2.75, 3.05) is 19.8 Å². The van der Waals surface area contributed by atoms with Crippen LogP contribution >= 0.6 is 7.82 Å². The second kappa shape index (κ2) is 45.3. The molecule has 0 fully saturated rings. The van der Waals surface area contributed by atoms with Crippen LogP contribution in [0.1, 0.15) is 239 Å². The van der Waals surface area contributed by atoms with E-state index in [1.807, 2.05) is 0 Å². The molecule has 0 bridgehead atoms. The molecule has 0 heterocycles. The number of hydrogen-bond acceptors (Lipinski definition) is 6. The Balaban J connectivity index is 4.11. The van der Waals surface area contributed by atoms with Gasteiger partial charge in [0.05, 0.1) is 25.4 Å². The number of hydrogen-bond donors (Lipinski definition) is 4. The van der Waals surface area contributed by atoms with E-state index in [1.165, 1.54) is 148 Å². The van der Waals surface area contributed by atoms with Crippen LogP contribution in [-0.4, -0.2) is 47.8 Å². The van der Waals surface area contributed by atoms with Crippen LogP contribution in [0.5, 0.6) is 0 Å². The van der Waals surface area contributed by atoms with E-state index in [2.05, 4.69) is 55.6 Å². The molecule has 5 N–H and O–H groups in total. The van der Waals surface area contributed by atoms with Gasteiger partial charge >= 0.3 is 7.82 Å². The Morgan fingerprint density at radius 2 is 0.948 bits per heavy atom. The Bertz CT molecular complexity index is 1010. The molecule has 0 saturated carbocycles. The Morgan fingerprint density at radius 3 is 1.41 bits per heavy atom. The lowest BCUT2D eigenvalue weighted by Crippen LogP contribution is -2.46. The van der Waals surface area contributed by atoms with Crippen molar-refractivity contribution in [3.05, 3.63) is 36.5 Å². The number of rotatable bonds is 46. The highest BCUT2D eigenvalue weighted by atomic mass is 31.2. The van der Waals surface area contributed by atoms with Gasteiger partial charge in [-0.3, -0.25) is 13.8 Å². The number of amides is 1. The van der Waals surface area contributed by atoms with Gasteiger partial charge in [-0.15, -0.1) is 0 Å². The van der Waals surface area contributed by atoms with Gasteiger partial charge in [0.2, 0.25) is 5.91 Å². The van der Waals surface area contributed by atoms with E-state index in [0.29, 0.717) is 12.8 Å². The number of nitrogens with two attached hydrogens (primary N) is 1. The largest absolute Gasteiger partial charge is 0.472 e. The van der Waals surface area contributed by atoms with Gasteiger partial charge in [0, 0.05) is 13.0 Å². The molecule has 9 heteroatoms. The lowest BCUT2D eigenvalue weighted by atomic mass is 10.0. The highest BCUT2D eigenvalue weighted by Crippen LogP contribution is 2.43. The van der Waals surface area contributed by atoms with Crippen LogP contribution < -0.4 is 11.1 Å². The van der Waals surface area contributed by atoms with Crippen molar-refractivity contribution in [1.82, 2.24) is 5.32 Å². The predicted molar refractivity (Wildman–Crippen MR) is 249 cm³/mol. The molecule has 0 aromatic carbocycles. The number of carbonyl (C=O) groups is 1. The SMILES string of the molecule is CCCCC/C=C\C/C=C\C/C=C\CCCCCCCCC(=O)NC(COP(=O)(O)OCCN)C(O)CCCCCCCCCCCCCCCCCCCCCC. The smallest absolute Gasteiger partial charge is 0.391 e. The zero-order valence-electron chi connectivity index (χ0n) is 38.0. The molecule has 8 nitrogen and oxygen atoms in total. The molecule has 0 spiro atoms. The van der Waals surface area contributed by atoms with Crippen LogP contribution in [0.25, 0.3) is 0 Å². The minimum atomic E-state index is -4.32. The number of carbonyl (C=O) groups excluding carboxylic acids is 1. The second-order valence-corrected chi connectivity index (χ2v) is 18.1. The van der Waals surface area contributed by atoms with Crippen LogP contribution in [0, 0.1) is 0 Å². The van der Waals surface area contributed by atoms with Crippen LogP contribution in [0.15, 0.2) is 36.5 Å². The monoisotopic (exact) mass is 839 g/mol. The van der Waals surface area contributed by atoms with Crippen molar-refractivity contribution in [3.8, 4) is 0 Å². The summed E-state index contributed by atoms with van der Waals surface area (Å²) in [6.45, 7) is 4.19. The zero-order valence-corrected chi connectivity index (χ0v) is 38.9. The number of allylic oxidation sites excluding steroid dienone is 6. The van der Waals surface area contributed by atoms with E-state index in [-0.39, 0.29) is 25.7 Å². The maximum absolute atomic E-state index is 12.8. The first-order chi connectivity index (χ1) is 28.4. The molecule has 0 saturated heterocycles.